The highest BCUT2D eigenvalue weighted by Crippen LogP contribution is 2.18. The van der Waals surface area contributed by atoms with Crippen molar-refractivity contribution < 1.29 is 27.7 Å². The van der Waals surface area contributed by atoms with Gasteiger partial charge in [-0.1, -0.05) is 12.1 Å². The molecule has 0 aliphatic heterocycles. The fraction of sp³-hybridized carbons (Fsp3) is 0.417. The molecule has 0 unspecified atom stereocenters. The van der Waals surface area contributed by atoms with Crippen LogP contribution in [0.3, 0.4) is 0 Å². The van der Waals surface area contributed by atoms with Gasteiger partial charge in [0.2, 0.25) is 0 Å². The Kier molecular flexibility index (Phi) is 7.34. The lowest BCUT2D eigenvalue weighted by Crippen LogP contribution is -3.00. The number of quaternary nitrogens is 1. The van der Waals surface area contributed by atoms with E-state index in [0.717, 1.165) is 0 Å². The Bertz CT molecular complexity index is 356. The highest BCUT2D eigenvalue weighted by Gasteiger charge is 2.12. The van der Waals surface area contributed by atoms with Gasteiger partial charge in [-0.25, -0.2) is 0 Å². The zero-order chi connectivity index (χ0) is 12.0. The summed E-state index contributed by atoms with van der Waals surface area (Å²) in [6.07, 6.45) is 0.0572. The molecule has 0 aliphatic carbocycles. The van der Waals surface area contributed by atoms with E-state index in [-0.39, 0.29) is 24.4 Å². The van der Waals surface area contributed by atoms with Gasteiger partial charge in [-0.2, -0.15) is 0 Å². The van der Waals surface area contributed by atoms with Gasteiger partial charge in [0.05, 0.1) is 24.8 Å². The average Bonchev–Trinajstić information content (AvgIpc) is 2.26. The molecular weight excluding hydrogens is 240 g/mol. The molecule has 5 heteroatoms. The van der Waals surface area contributed by atoms with Crippen molar-refractivity contribution in [2.24, 2.45) is 0 Å². The molecule has 1 rings (SSSR count). The van der Waals surface area contributed by atoms with Crippen LogP contribution >= 0.6 is 0 Å². The van der Waals surface area contributed by atoms with Gasteiger partial charge in [-0.3, -0.25) is 4.79 Å². The molecule has 96 valence electrons. The molecule has 1 aromatic carbocycles. The molecule has 0 aromatic heterocycles. The van der Waals surface area contributed by atoms with Gasteiger partial charge < -0.3 is 28.2 Å². The number of para-hydroxylation sites is 1. The fourth-order valence-electron chi connectivity index (χ4n) is 1.31. The summed E-state index contributed by atoms with van der Waals surface area (Å²) in [5.74, 6) is 0.513. The van der Waals surface area contributed by atoms with Crippen molar-refractivity contribution in [1.82, 2.24) is 5.32 Å². The van der Waals surface area contributed by atoms with Gasteiger partial charge in [-0.05, 0) is 26.0 Å². The Morgan fingerprint density at radius 3 is 2.65 bits per heavy atom. The molecule has 0 aliphatic rings. The standard InChI is InChI=1S/C12H18N2O2.ClH/c1-9(2)16-11-6-4-3-5-10(11)12(15)14-8-7-13;/h3-6,9H,7-8,13H2,1-2H3,(H,14,15);1H. The van der Waals surface area contributed by atoms with E-state index < -0.39 is 0 Å². The maximum Gasteiger partial charge on any atom is 0.255 e. The third-order valence-electron chi connectivity index (χ3n) is 1.96. The zero-order valence-electron chi connectivity index (χ0n) is 10.2. The van der Waals surface area contributed by atoms with Gasteiger partial charge in [0.1, 0.15) is 5.75 Å². The van der Waals surface area contributed by atoms with Gasteiger partial charge in [0.15, 0.2) is 0 Å². The third kappa shape index (κ3) is 5.06. The Labute approximate surface area is 108 Å². The number of carbonyl (C=O) groups excluding carboxylic acids is 1. The first-order valence-corrected chi connectivity index (χ1v) is 5.48. The summed E-state index contributed by atoms with van der Waals surface area (Å²) in [5.41, 5.74) is 4.25. The molecule has 4 nitrogen and oxygen atoms in total. The van der Waals surface area contributed by atoms with Crippen LogP contribution < -0.4 is 28.2 Å². The van der Waals surface area contributed by atoms with Crippen molar-refractivity contribution in [3.63, 3.8) is 0 Å². The summed E-state index contributed by atoms with van der Waals surface area (Å²) < 4.78 is 5.57. The third-order valence-corrected chi connectivity index (χ3v) is 1.96. The number of halogens is 1. The molecule has 17 heavy (non-hydrogen) atoms. The summed E-state index contributed by atoms with van der Waals surface area (Å²) in [6, 6.07) is 7.25. The normalized spacial score (nSPS) is 9.65. The molecule has 1 aromatic rings. The predicted octanol–water partition coefficient (Wildman–Crippen LogP) is -2.55. The van der Waals surface area contributed by atoms with E-state index >= 15 is 0 Å². The van der Waals surface area contributed by atoms with Crippen molar-refractivity contribution in [3.8, 4) is 5.75 Å². The quantitative estimate of drug-likeness (QED) is 0.611. The molecule has 0 spiro atoms. The highest BCUT2D eigenvalue weighted by molar-refractivity contribution is 5.96. The lowest BCUT2D eigenvalue weighted by molar-refractivity contribution is -0.364. The number of hydrogen-bond acceptors (Lipinski definition) is 2. The summed E-state index contributed by atoms with van der Waals surface area (Å²) in [5, 5.41) is 2.78. The van der Waals surface area contributed by atoms with Crippen LogP contribution in [0.15, 0.2) is 24.3 Å². The van der Waals surface area contributed by atoms with E-state index in [0.29, 0.717) is 24.4 Å². The minimum Gasteiger partial charge on any atom is -1.00 e. The second-order valence-corrected chi connectivity index (χ2v) is 3.77. The van der Waals surface area contributed by atoms with Crippen molar-refractivity contribution in [2.75, 3.05) is 13.1 Å². The van der Waals surface area contributed by atoms with Crippen molar-refractivity contribution in [2.45, 2.75) is 20.0 Å². The van der Waals surface area contributed by atoms with E-state index in [4.69, 9.17) is 4.74 Å². The molecule has 4 N–H and O–H groups in total. The van der Waals surface area contributed by atoms with Crippen LogP contribution in [0.2, 0.25) is 0 Å². The second kappa shape index (κ2) is 7.92. The van der Waals surface area contributed by atoms with Crippen LogP contribution in [0.1, 0.15) is 24.2 Å². The van der Waals surface area contributed by atoms with Gasteiger partial charge >= 0.3 is 0 Å². The largest absolute Gasteiger partial charge is 1.00 e. The van der Waals surface area contributed by atoms with Crippen LogP contribution in [-0.4, -0.2) is 25.1 Å². The predicted molar refractivity (Wildman–Crippen MR) is 62.3 cm³/mol. The van der Waals surface area contributed by atoms with Gasteiger partial charge in [0.25, 0.3) is 5.91 Å². The first-order valence-electron chi connectivity index (χ1n) is 5.48. The monoisotopic (exact) mass is 258 g/mol. The molecule has 0 saturated heterocycles. The molecule has 0 saturated carbocycles. The van der Waals surface area contributed by atoms with Crippen LogP contribution in [0.4, 0.5) is 0 Å². The number of amides is 1. The Morgan fingerprint density at radius 2 is 2.06 bits per heavy atom. The summed E-state index contributed by atoms with van der Waals surface area (Å²) in [6.45, 7) is 5.13. The molecule has 0 radical (unpaired) electrons. The number of hydrogen-bond donors (Lipinski definition) is 2. The SMILES string of the molecule is CC(C)Oc1ccccc1C(=O)NCC[NH3+].[Cl-]. The van der Waals surface area contributed by atoms with Crippen LogP contribution in [0, 0.1) is 0 Å². The van der Waals surface area contributed by atoms with E-state index in [2.05, 4.69) is 11.1 Å². The smallest absolute Gasteiger partial charge is 0.255 e. The minimum absolute atomic E-state index is 0. The lowest BCUT2D eigenvalue weighted by atomic mass is 10.2. The summed E-state index contributed by atoms with van der Waals surface area (Å²) in [4.78, 5) is 11.8. The average molecular weight is 259 g/mol. The minimum atomic E-state index is -0.111. The van der Waals surface area contributed by atoms with Gasteiger partial charge in [-0.15, -0.1) is 0 Å². The fourth-order valence-corrected chi connectivity index (χ4v) is 1.31. The number of rotatable bonds is 5. The highest BCUT2D eigenvalue weighted by atomic mass is 35.5. The van der Waals surface area contributed by atoms with Crippen LogP contribution in [0.5, 0.6) is 5.75 Å². The molecular formula is C12H19ClN2O2. The maximum atomic E-state index is 11.8. The van der Waals surface area contributed by atoms with E-state index in [1.807, 2.05) is 26.0 Å². The van der Waals surface area contributed by atoms with Crippen molar-refractivity contribution >= 4 is 5.91 Å². The second-order valence-electron chi connectivity index (χ2n) is 3.77. The van der Waals surface area contributed by atoms with E-state index in [1.165, 1.54) is 0 Å². The number of ether oxygens (including phenoxy) is 1. The molecule has 0 bridgehead atoms. The first kappa shape index (κ1) is 15.7. The van der Waals surface area contributed by atoms with Crippen LogP contribution in [0.25, 0.3) is 0 Å². The summed E-state index contributed by atoms with van der Waals surface area (Å²) in [7, 11) is 0. The lowest BCUT2D eigenvalue weighted by Gasteiger charge is -2.13. The van der Waals surface area contributed by atoms with Crippen molar-refractivity contribution in [1.29, 1.82) is 0 Å². The Morgan fingerprint density at radius 1 is 1.41 bits per heavy atom. The van der Waals surface area contributed by atoms with E-state index in [1.54, 1.807) is 12.1 Å². The summed E-state index contributed by atoms with van der Waals surface area (Å²) >= 11 is 0. The molecule has 0 atom stereocenters. The molecule has 0 heterocycles. The van der Waals surface area contributed by atoms with Crippen molar-refractivity contribution in [3.05, 3.63) is 29.8 Å². The maximum absolute atomic E-state index is 11.8. The van der Waals surface area contributed by atoms with E-state index in [9.17, 15) is 4.79 Å². The number of benzene rings is 1. The first-order chi connectivity index (χ1) is 7.65. The topological polar surface area (TPSA) is 66.0 Å². The van der Waals surface area contributed by atoms with Crippen LogP contribution in [-0.2, 0) is 0 Å². The zero-order valence-corrected chi connectivity index (χ0v) is 11.0. The molecule has 1 amide bonds. The Balaban J connectivity index is 0.00000256. The number of carbonyl (C=O) groups is 1. The molecule has 0 fully saturated rings. The van der Waals surface area contributed by atoms with Gasteiger partial charge in [0, 0.05) is 0 Å². The Hall–Kier alpha value is -1.26. The number of nitrogens with one attached hydrogen (secondary N) is 1.